The molecule has 1 spiro atoms. The van der Waals surface area contributed by atoms with Crippen LogP contribution in [0, 0.1) is 17.1 Å². The van der Waals surface area contributed by atoms with Crippen LogP contribution in [0.1, 0.15) is 25.3 Å². The summed E-state index contributed by atoms with van der Waals surface area (Å²) in [5.74, 6) is -0.377. The molecule has 0 bridgehead atoms. The molecule has 112 valence electrons. The van der Waals surface area contributed by atoms with Crippen LogP contribution >= 0.6 is 0 Å². The van der Waals surface area contributed by atoms with Gasteiger partial charge < -0.3 is 14.4 Å². The van der Waals surface area contributed by atoms with Gasteiger partial charge in [0, 0.05) is 39.1 Å². The number of hydrogen-bond donors (Lipinski definition) is 0. The minimum absolute atomic E-state index is 0.0773. The predicted molar refractivity (Wildman–Crippen MR) is 76.7 cm³/mol. The third-order valence-corrected chi connectivity index (χ3v) is 4.23. The lowest BCUT2D eigenvalue weighted by Gasteiger charge is -2.48. The average molecular weight is 290 g/mol. The molecule has 2 saturated heterocycles. The lowest BCUT2D eigenvalue weighted by molar-refractivity contribution is -0.145. The van der Waals surface area contributed by atoms with Gasteiger partial charge in [0.1, 0.15) is 11.9 Å². The van der Waals surface area contributed by atoms with Crippen LogP contribution in [0.2, 0.25) is 0 Å². The number of rotatable bonds is 1. The molecule has 21 heavy (non-hydrogen) atoms. The highest BCUT2D eigenvalue weighted by molar-refractivity contribution is 5.60. The first-order valence-corrected chi connectivity index (χ1v) is 7.32. The van der Waals surface area contributed by atoms with Gasteiger partial charge >= 0.3 is 0 Å². The Morgan fingerprint density at radius 3 is 2.86 bits per heavy atom. The highest BCUT2D eigenvalue weighted by atomic mass is 19.1. The van der Waals surface area contributed by atoms with E-state index in [1.807, 2.05) is 6.92 Å². The molecule has 2 heterocycles. The Balaban J connectivity index is 1.89. The molecule has 0 radical (unpaired) electrons. The van der Waals surface area contributed by atoms with E-state index in [9.17, 15) is 9.65 Å². The number of ether oxygens (including phenoxy) is 2. The number of halogens is 1. The second-order valence-electron chi connectivity index (χ2n) is 5.88. The maximum Gasteiger partial charge on any atom is 0.124 e. The van der Waals surface area contributed by atoms with Crippen molar-refractivity contribution in [2.45, 2.75) is 31.5 Å². The predicted octanol–water partition coefficient (Wildman–Crippen LogP) is 2.47. The van der Waals surface area contributed by atoms with Gasteiger partial charge in [-0.3, -0.25) is 0 Å². The zero-order chi connectivity index (χ0) is 14.9. The van der Waals surface area contributed by atoms with Crippen molar-refractivity contribution in [2.24, 2.45) is 0 Å². The SMILES string of the molecule is C[C@H]1CN(c2ccc(F)cc2C#N)CC2(CCOCC2)O1. The van der Waals surface area contributed by atoms with Gasteiger partial charge in [-0.25, -0.2) is 4.39 Å². The first-order valence-electron chi connectivity index (χ1n) is 7.32. The van der Waals surface area contributed by atoms with Gasteiger partial charge in [0.05, 0.1) is 23.0 Å². The molecule has 0 aliphatic carbocycles. The van der Waals surface area contributed by atoms with Crippen molar-refractivity contribution >= 4 is 5.69 Å². The van der Waals surface area contributed by atoms with Gasteiger partial charge in [0.25, 0.3) is 0 Å². The topological polar surface area (TPSA) is 45.5 Å². The van der Waals surface area contributed by atoms with Crippen molar-refractivity contribution in [3.05, 3.63) is 29.6 Å². The number of benzene rings is 1. The van der Waals surface area contributed by atoms with Gasteiger partial charge in [-0.15, -0.1) is 0 Å². The molecular formula is C16H19FN2O2. The highest BCUT2D eigenvalue weighted by Gasteiger charge is 2.41. The quantitative estimate of drug-likeness (QED) is 0.797. The van der Waals surface area contributed by atoms with Crippen LogP contribution in [-0.2, 0) is 9.47 Å². The summed E-state index contributed by atoms with van der Waals surface area (Å²) in [6, 6.07) is 6.49. The van der Waals surface area contributed by atoms with E-state index >= 15 is 0 Å². The third-order valence-electron chi connectivity index (χ3n) is 4.23. The molecule has 0 unspecified atom stereocenters. The molecular weight excluding hydrogens is 271 g/mol. The molecule has 1 aromatic rings. The fraction of sp³-hybridized carbons (Fsp3) is 0.562. The van der Waals surface area contributed by atoms with E-state index in [2.05, 4.69) is 11.0 Å². The van der Waals surface area contributed by atoms with E-state index in [4.69, 9.17) is 9.47 Å². The zero-order valence-electron chi connectivity index (χ0n) is 12.1. The molecule has 2 aliphatic rings. The summed E-state index contributed by atoms with van der Waals surface area (Å²) in [4.78, 5) is 2.15. The van der Waals surface area contributed by atoms with Gasteiger partial charge in [0.2, 0.25) is 0 Å². The molecule has 2 fully saturated rings. The monoisotopic (exact) mass is 290 g/mol. The normalized spacial score (nSPS) is 24.8. The van der Waals surface area contributed by atoms with E-state index in [1.165, 1.54) is 12.1 Å². The Kier molecular flexibility index (Phi) is 3.83. The van der Waals surface area contributed by atoms with E-state index in [-0.39, 0.29) is 17.5 Å². The van der Waals surface area contributed by atoms with E-state index in [1.54, 1.807) is 6.07 Å². The Morgan fingerprint density at radius 2 is 2.14 bits per heavy atom. The fourth-order valence-electron chi connectivity index (χ4n) is 3.30. The summed E-state index contributed by atoms with van der Waals surface area (Å²) in [6.07, 6.45) is 1.79. The number of anilines is 1. The van der Waals surface area contributed by atoms with Crippen LogP contribution in [0.4, 0.5) is 10.1 Å². The summed E-state index contributed by atoms with van der Waals surface area (Å²) < 4.78 is 24.9. The van der Waals surface area contributed by atoms with Crippen LogP contribution in [0.15, 0.2) is 18.2 Å². The average Bonchev–Trinajstić information content (AvgIpc) is 2.47. The Bertz CT molecular complexity index is 564. The zero-order valence-corrected chi connectivity index (χ0v) is 12.1. The molecule has 5 heteroatoms. The summed E-state index contributed by atoms with van der Waals surface area (Å²) in [5, 5.41) is 9.25. The fourth-order valence-corrected chi connectivity index (χ4v) is 3.30. The second-order valence-corrected chi connectivity index (χ2v) is 5.88. The summed E-state index contributed by atoms with van der Waals surface area (Å²) >= 11 is 0. The molecule has 0 amide bonds. The summed E-state index contributed by atoms with van der Waals surface area (Å²) in [6.45, 7) is 4.88. The van der Waals surface area contributed by atoms with Crippen LogP contribution in [0.25, 0.3) is 0 Å². The standard InChI is InChI=1S/C16H19FN2O2/c1-12-10-19(11-16(21-12)4-6-20-7-5-16)15-3-2-14(17)8-13(15)9-18/h2-3,8,12H,4-7,10-11H2,1H3/t12-/m0/s1. The lowest BCUT2D eigenvalue weighted by atomic mass is 9.90. The maximum atomic E-state index is 13.3. The molecule has 0 saturated carbocycles. The van der Waals surface area contributed by atoms with Crippen molar-refractivity contribution in [3.8, 4) is 6.07 Å². The first kappa shape index (κ1) is 14.3. The van der Waals surface area contributed by atoms with Gasteiger partial charge in [-0.2, -0.15) is 5.26 Å². The lowest BCUT2D eigenvalue weighted by Crippen LogP contribution is -2.57. The van der Waals surface area contributed by atoms with E-state index in [0.29, 0.717) is 25.3 Å². The smallest absolute Gasteiger partial charge is 0.124 e. The summed E-state index contributed by atoms with van der Waals surface area (Å²) in [5.41, 5.74) is 0.961. The van der Waals surface area contributed by atoms with E-state index < -0.39 is 0 Å². The largest absolute Gasteiger partial charge is 0.381 e. The second kappa shape index (κ2) is 5.63. The molecule has 2 aliphatic heterocycles. The molecule has 3 rings (SSSR count). The summed E-state index contributed by atoms with van der Waals surface area (Å²) in [7, 11) is 0. The Morgan fingerprint density at radius 1 is 1.38 bits per heavy atom. The van der Waals surface area contributed by atoms with Gasteiger partial charge in [0.15, 0.2) is 0 Å². The van der Waals surface area contributed by atoms with Crippen LogP contribution in [0.3, 0.4) is 0 Å². The number of nitrogens with zero attached hydrogens (tertiary/aromatic N) is 2. The highest BCUT2D eigenvalue weighted by Crippen LogP contribution is 2.34. The Hall–Kier alpha value is -1.64. The number of nitriles is 1. The minimum atomic E-state index is -0.377. The third kappa shape index (κ3) is 2.87. The van der Waals surface area contributed by atoms with Crippen LogP contribution in [-0.4, -0.2) is 38.0 Å². The first-order chi connectivity index (χ1) is 10.1. The van der Waals surface area contributed by atoms with Crippen molar-refractivity contribution in [1.29, 1.82) is 5.26 Å². The van der Waals surface area contributed by atoms with Crippen molar-refractivity contribution in [2.75, 3.05) is 31.2 Å². The van der Waals surface area contributed by atoms with Gasteiger partial charge in [-0.05, 0) is 25.1 Å². The van der Waals surface area contributed by atoms with Crippen molar-refractivity contribution in [3.63, 3.8) is 0 Å². The Labute approximate surface area is 124 Å². The maximum absolute atomic E-state index is 13.3. The molecule has 0 aromatic heterocycles. The minimum Gasteiger partial charge on any atom is -0.381 e. The van der Waals surface area contributed by atoms with E-state index in [0.717, 1.165) is 25.1 Å². The van der Waals surface area contributed by atoms with Crippen molar-refractivity contribution in [1.82, 2.24) is 0 Å². The van der Waals surface area contributed by atoms with Crippen LogP contribution < -0.4 is 4.90 Å². The number of morpholine rings is 1. The van der Waals surface area contributed by atoms with Crippen LogP contribution in [0.5, 0.6) is 0 Å². The van der Waals surface area contributed by atoms with Crippen molar-refractivity contribution < 1.29 is 13.9 Å². The molecule has 4 nitrogen and oxygen atoms in total. The number of hydrogen-bond acceptors (Lipinski definition) is 4. The van der Waals surface area contributed by atoms with Gasteiger partial charge in [-0.1, -0.05) is 0 Å². The molecule has 1 aromatic carbocycles. The molecule has 0 N–H and O–H groups in total. The molecule has 1 atom stereocenters.